The summed E-state index contributed by atoms with van der Waals surface area (Å²) in [4.78, 5) is 15.4. The van der Waals surface area contributed by atoms with Crippen LogP contribution in [0.15, 0.2) is 30.5 Å². The van der Waals surface area contributed by atoms with Gasteiger partial charge in [-0.15, -0.1) is 0 Å². The van der Waals surface area contributed by atoms with Gasteiger partial charge in [0.05, 0.1) is 6.42 Å². The average Bonchev–Trinajstić information content (AvgIpc) is 2.37. The van der Waals surface area contributed by atoms with Crippen LogP contribution in [0.2, 0.25) is 0 Å². The summed E-state index contributed by atoms with van der Waals surface area (Å²) in [7, 11) is 0. The highest BCUT2D eigenvalue weighted by Crippen LogP contribution is 2.30. The standard InChI is InChI=1S/C16H20N2O3/c1-16(2,3)13(9-14(20)21)18-15-12-8-11(19)5-4-10(12)6-7-17-15/h4-8,13,19H,9H2,1-3H3,(H,17,18)(H,20,21). The molecule has 0 saturated carbocycles. The number of hydrogen-bond acceptors (Lipinski definition) is 4. The van der Waals surface area contributed by atoms with E-state index in [1.54, 1.807) is 24.4 Å². The Balaban J connectivity index is 2.41. The van der Waals surface area contributed by atoms with Crippen LogP contribution in [0.4, 0.5) is 5.82 Å². The molecule has 5 heteroatoms. The Morgan fingerprint density at radius 3 is 2.67 bits per heavy atom. The van der Waals surface area contributed by atoms with Crippen molar-refractivity contribution in [2.24, 2.45) is 5.41 Å². The molecule has 0 amide bonds. The molecule has 2 aromatic rings. The van der Waals surface area contributed by atoms with Crippen molar-refractivity contribution < 1.29 is 15.0 Å². The van der Waals surface area contributed by atoms with Crippen LogP contribution in [0.3, 0.4) is 0 Å². The lowest BCUT2D eigenvalue weighted by Crippen LogP contribution is -2.36. The molecule has 3 N–H and O–H groups in total. The Labute approximate surface area is 123 Å². The first kappa shape index (κ1) is 15.1. The predicted molar refractivity (Wildman–Crippen MR) is 82.5 cm³/mol. The fourth-order valence-corrected chi connectivity index (χ4v) is 2.18. The Kier molecular flexibility index (Phi) is 4.02. The fourth-order valence-electron chi connectivity index (χ4n) is 2.18. The quantitative estimate of drug-likeness (QED) is 0.804. The minimum Gasteiger partial charge on any atom is -0.508 e. The number of phenols is 1. The molecule has 0 spiro atoms. The zero-order valence-electron chi connectivity index (χ0n) is 12.4. The molecule has 1 atom stereocenters. The number of aromatic nitrogens is 1. The predicted octanol–water partition coefficient (Wildman–Crippen LogP) is 3.24. The summed E-state index contributed by atoms with van der Waals surface area (Å²) in [5, 5.41) is 23.7. The minimum absolute atomic E-state index is 0.000380. The van der Waals surface area contributed by atoms with Gasteiger partial charge in [-0.25, -0.2) is 4.98 Å². The van der Waals surface area contributed by atoms with Crippen molar-refractivity contribution in [3.05, 3.63) is 30.5 Å². The zero-order valence-corrected chi connectivity index (χ0v) is 12.4. The van der Waals surface area contributed by atoms with Crippen molar-refractivity contribution in [1.82, 2.24) is 4.98 Å². The highest BCUT2D eigenvalue weighted by atomic mass is 16.4. The SMILES string of the molecule is CC(C)(C)C(CC(=O)O)Nc1nccc2ccc(O)cc12. The molecule has 1 aromatic carbocycles. The Morgan fingerprint density at radius 2 is 2.05 bits per heavy atom. The second-order valence-corrected chi connectivity index (χ2v) is 6.23. The summed E-state index contributed by atoms with van der Waals surface area (Å²) in [6.45, 7) is 5.95. The van der Waals surface area contributed by atoms with E-state index in [1.807, 2.05) is 26.8 Å². The molecular weight excluding hydrogens is 268 g/mol. The van der Waals surface area contributed by atoms with Gasteiger partial charge in [0, 0.05) is 17.6 Å². The molecule has 0 fully saturated rings. The van der Waals surface area contributed by atoms with Crippen LogP contribution < -0.4 is 5.32 Å². The highest BCUT2D eigenvalue weighted by molar-refractivity contribution is 5.92. The molecule has 0 radical (unpaired) electrons. The number of aromatic hydroxyl groups is 1. The first-order valence-electron chi connectivity index (χ1n) is 6.83. The molecule has 0 aliphatic heterocycles. The van der Waals surface area contributed by atoms with Gasteiger partial charge in [0.1, 0.15) is 11.6 Å². The third kappa shape index (κ3) is 3.62. The van der Waals surface area contributed by atoms with Crippen molar-refractivity contribution in [3.8, 4) is 5.75 Å². The van der Waals surface area contributed by atoms with Crippen LogP contribution in [0, 0.1) is 5.41 Å². The van der Waals surface area contributed by atoms with Crippen LogP contribution in [0.5, 0.6) is 5.75 Å². The summed E-state index contributed by atoms with van der Waals surface area (Å²) in [6.07, 6.45) is 1.67. The largest absolute Gasteiger partial charge is 0.508 e. The number of fused-ring (bicyclic) bond motifs is 1. The Bertz CT molecular complexity index is 662. The van der Waals surface area contributed by atoms with Gasteiger partial charge in [0.15, 0.2) is 0 Å². The number of aliphatic carboxylic acids is 1. The molecule has 1 unspecified atom stereocenters. The maximum Gasteiger partial charge on any atom is 0.305 e. The smallest absolute Gasteiger partial charge is 0.305 e. The maximum absolute atomic E-state index is 11.1. The van der Waals surface area contributed by atoms with Crippen LogP contribution in [0.1, 0.15) is 27.2 Å². The fraction of sp³-hybridized carbons (Fsp3) is 0.375. The summed E-state index contributed by atoms with van der Waals surface area (Å²) in [5.41, 5.74) is -0.237. The average molecular weight is 288 g/mol. The van der Waals surface area contributed by atoms with E-state index in [0.717, 1.165) is 10.8 Å². The number of phenolic OH excluding ortho intramolecular Hbond substituents is 1. The normalized spacial score (nSPS) is 13.1. The number of anilines is 1. The van der Waals surface area contributed by atoms with E-state index in [-0.39, 0.29) is 23.6 Å². The van der Waals surface area contributed by atoms with Gasteiger partial charge in [-0.3, -0.25) is 4.79 Å². The van der Waals surface area contributed by atoms with E-state index in [4.69, 9.17) is 5.11 Å². The number of carboxylic acids is 1. The maximum atomic E-state index is 11.1. The molecule has 0 aliphatic rings. The molecule has 0 saturated heterocycles. The van der Waals surface area contributed by atoms with Crippen molar-refractivity contribution in [3.63, 3.8) is 0 Å². The molecule has 2 rings (SSSR count). The second kappa shape index (κ2) is 5.60. The van der Waals surface area contributed by atoms with Gasteiger partial charge in [-0.1, -0.05) is 26.8 Å². The van der Waals surface area contributed by atoms with Gasteiger partial charge >= 0.3 is 5.97 Å². The van der Waals surface area contributed by atoms with Crippen LogP contribution in [-0.2, 0) is 4.79 Å². The van der Waals surface area contributed by atoms with Gasteiger partial charge < -0.3 is 15.5 Å². The highest BCUT2D eigenvalue weighted by Gasteiger charge is 2.27. The van der Waals surface area contributed by atoms with Crippen molar-refractivity contribution >= 4 is 22.6 Å². The lowest BCUT2D eigenvalue weighted by Gasteiger charge is -2.31. The van der Waals surface area contributed by atoms with E-state index < -0.39 is 5.97 Å². The van der Waals surface area contributed by atoms with Crippen molar-refractivity contribution in [1.29, 1.82) is 0 Å². The van der Waals surface area contributed by atoms with Gasteiger partial charge in [0.25, 0.3) is 0 Å². The molecule has 21 heavy (non-hydrogen) atoms. The van der Waals surface area contributed by atoms with E-state index in [0.29, 0.717) is 5.82 Å². The third-order valence-corrected chi connectivity index (χ3v) is 3.48. The van der Waals surface area contributed by atoms with E-state index >= 15 is 0 Å². The molecule has 1 heterocycles. The van der Waals surface area contributed by atoms with Crippen LogP contribution in [0.25, 0.3) is 10.8 Å². The summed E-state index contributed by atoms with van der Waals surface area (Å²) >= 11 is 0. The first-order chi connectivity index (χ1) is 9.77. The number of nitrogens with one attached hydrogen (secondary N) is 1. The molecule has 0 aliphatic carbocycles. The van der Waals surface area contributed by atoms with E-state index in [1.165, 1.54) is 0 Å². The Morgan fingerprint density at radius 1 is 1.33 bits per heavy atom. The number of carboxylic acid groups (broad SMARTS) is 1. The zero-order chi connectivity index (χ0) is 15.6. The van der Waals surface area contributed by atoms with E-state index in [2.05, 4.69) is 10.3 Å². The molecule has 5 nitrogen and oxygen atoms in total. The summed E-state index contributed by atoms with van der Waals surface area (Å²) in [5.74, 6) is -0.112. The lowest BCUT2D eigenvalue weighted by molar-refractivity contribution is -0.137. The number of carbonyl (C=O) groups is 1. The second-order valence-electron chi connectivity index (χ2n) is 6.23. The number of rotatable bonds is 4. The van der Waals surface area contributed by atoms with Gasteiger partial charge in [-0.2, -0.15) is 0 Å². The number of hydrogen-bond donors (Lipinski definition) is 3. The monoisotopic (exact) mass is 288 g/mol. The summed E-state index contributed by atoms with van der Waals surface area (Å²) < 4.78 is 0. The van der Waals surface area contributed by atoms with Crippen molar-refractivity contribution in [2.75, 3.05) is 5.32 Å². The molecule has 112 valence electrons. The van der Waals surface area contributed by atoms with Crippen molar-refractivity contribution in [2.45, 2.75) is 33.2 Å². The Hall–Kier alpha value is -2.30. The van der Waals surface area contributed by atoms with Crippen LogP contribution >= 0.6 is 0 Å². The topological polar surface area (TPSA) is 82.5 Å². The third-order valence-electron chi connectivity index (χ3n) is 3.48. The van der Waals surface area contributed by atoms with Gasteiger partial charge in [0.2, 0.25) is 0 Å². The molecule has 0 bridgehead atoms. The summed E-state index contributed by atoms with van der Waals surface area (Å²) in [6, 6.07) is 6.63. The van der Waals surface area contributed by atoms with Crippen LogP contribution in [-0.4, -0.2) is 27.2 Å². The number of benzene rings is 1. The number of pyridine rings is 1. The minimum atomic E-state index is -0.856. The molecular formula is C16H20N2O3. The van der Waals surface area contributed by atoms with Gasteiger partial charge in [-0.05, 0) is 29.0 Å². The lowest BCUT2D eigenvalue weighted by atomic mass is 9.84. The number of nitrogens with zero attached hydrogens (tertiary/aromatic N) is 1. The van der Waals surface area contributed by atoms with E-state index in [9.17, 15) is 9.90 Å². The molecule has 1 aromatic heterocycles. The first-order valence-corrected chi connectivity index (χ1v) is 6.83.